The van der Waals surface area contributed by atoms with Crippen LogP contribution >= 0.6 is 0 Å². The lowest BCUT2D eigenvalue weighted by atomic mass is 10.1. The molecular formula is C43H68N8O6. The first-order valence-electron chi connectivity index (χ1n) is 20.3. The molecule has 316 valence electrons. The highest BCUT2D eigenvalue weighted by Gasteiger charge is 2.31. The van der Waals surface area contributed by atoms with Gasteiger partial charge in [-0.15, -0.1) is 0 Å². The number of amides is 6. The van der Waals surface area contributed by atoms with Crippen molar-refractivity contribution in [3.8, 4) is 0 Å². The third kappa shape index (κ3) is 17.5. The Hall–Kier alpha value is -4.82. The molecule has 0 aliphatic heterocycles. The summed E-state index contributed by atoms with van der Waals surface area (Å²) in [6.07, 6.45) is 1.78. The smallest absolute Gasteiger partial charge is 0.243 e. The van der Waals surface area contributed by atoms with Gasteiger partial charge in [-0.1, -0.05) is 95.3 Å². The van der Waals surface area contributed by atoms with Crippen LogP contribution in [0.3, 0.4) is 0 Å². The molecule has 5 N–H and O–H groups in total. The number of hydrogen-bond acceptors (Lipinski definition) is 8. The van der Waals surface area contributed by atoms with Gasteiger partial charge < -0.3 is 41.3 Å². The van der Waals surface area contributed by atoms with Gasteiger partial charge in [0.05, 0.1) is 38.8 Å². The molecule has 2 aromatic carbocycles. The van der Waals surface area contributed by atoms with Crippen molar-refractivity contribution in [3.63, 3.8) is 0 Å². The van der Waals surface area contributed by atoms with E-state index in [0.717, 1.165) is 11.1 Å². The molecule has 2 unspecified atom stereocenters. The van der Waals surface area contributed by atoms with Crippen LogP contribution in [0.1, 0.15) is 90.9 Å². The van der Waals surface area contributed by atoms with Gasteiger partial charge in [-0.05, 0) is 62.6 Å². The van der Waals surface area contributed by atoms with Gasteiger partial charge in [-0.3, -0.25) is 28.8 Å². The lowest BCUT2D eigenvalue weighted by molar-refractivity contribution is -0.149. The van der Waals surface area contributed by atoms with Crippen molar-refractivity contribution < 1.29 is 28.8 Å². The van der Waals surface area contributed by atoms with Gasteiger partial charge in [0, 0.05) is 32.2 Å². The second kappa shape index (κ2) is 25.4. The molecule has 0 aliphatic rings. The minimum atomic E-state index is -0.663. The Bertz CT molecular complexity index is 1560. The number of benzene rings is 2. The molecule has 0 aromatic heterocycles. The van der Waals surface area contributed by atoms with E-state index in [0.29, 0.717) is 32.4 Å². The number of carbonyl (C=O) groups is 6. The van der Waals surface area contributed by atoms with Crippen LogP contribution in [0.15, 0.2) is 60.7 Å². The quantitative estimate of drug-likeness (QED) is 0.122. The van der Waals surface area contributed by atoms with Gasteiger partial charge in [0.15, 0.2) is 0 Å². The number of carbonyl (C=O) groups excluding carboxylic acids is 6. The summed E-state index contributed by atoms with van der Waals surface area (Å²) in [5.41, 5.74) is 12.9. The average Bonchev–Trinajstić information content (AvgIpc) is 3.17. The summed E-state index contributed by atoms with van der Waals surface area (Å²) < 4.78 is 0. The summed E-state index contributed by atoms with van der Waals surface area (Å²) in [6, 6.07) is 18.4. The highest BCUT2D eigenvalue weighted by atomic mass is 16.2. The normalized spacial score (nSPS) is 12.2. The van der Waals surface area contributed by atoms with Crippen molar-refractivity contribution in [2.45, 2.75) is 79.8 Å². The Balaban J connectivity index is 2.35. The zero-order valence-electron chi connectivity index (χ0n) is 35.3. The van der Waals surface area contributed by atoms with Crippen LogP contribution < -0.4 is 16.8 Å². The summed E-state index contributed by atoms with van der Waals surface area (Å²) in [6.45, 7) is 13.7. The number of hydrogen-bond donors (Lipinski definition) is 3. The monoisotopic (exact) mass is 793 g/mol. The third-order valence-corrected chi connectivity index (χ3v) is 9.52. The number of rotatable bonds is 26. The Morgan fingerprint density at radius 2 is 1.05 bits per heavy atom. The third-order valence-electron chi connectivity index (χ3n) is 9.52. The van der Waals surface area contributed by atoms with Crippen molar-refractivity contribution in [1.82, 2.24) is 29.8 Å². The van der Waals surface area contributed by atoms with Gasteiger partial charge in [0.1, 0.15) is 6.54 Å². The second-order valence-electron chi connectivity index (χ2n) is 15.6. The minimum absolute atomic E-state index is 0.00489. The number of nitrogens with two attached hydrogens (primary N) is 2. The van der Waals surface area contributed by atoms with Crippen molar-refractivity contribution in [2.24, 2.45) is 23.3 Å². The molecule has 0 aliphatic carbocycles. The largest absolute Gasteiger partial charge is 0.368 e. The predicted molar refractivity (Wildman–Crippen MR) is 223 cm³/mol. The van der Waals surface area contributed by atoms with Gasteiger partial charge in [-0.2, -0.15) is 0 Å². The molecule has 14 nitrogen and oxygen atoms in total. The average molecular weight is 793 g/mol. The van der Waals surface area contributed by atoms with Gasteiger partial charge in [0.25, 0.3) is 0 Å². The molecule has 0 saturated carbocycles. The molecule has 2 atom stereocenters. The minimum Gasteiger partial charge on any atom is -0.368 e. The first-order chi connectivity index (χ1) is 27.1. The van der Waals surface area contributed by atoms with E-state index < -0.39 is 29.7 Å². The molecule has 0 radical (unpaired) electrons. The SMILES string of the molecule is CCCN(CC(=O)N(CCCCN)CC(N)=O)C(=O)CN(C(=O)CN(CC(C)C)C(=O)CN(CC(C)C)C(=O)CNC(C)c1ccccc1)C(C)c1ccccc1. The number of nitrogens with zero attached hydrogens (tertiary/aromatic N) is 5. The highest BCUT2D eigenvalue weighted by Crippen LogP contribution is 2.21. The molecule has 0 heterocycles. The molecule has 2 aromatic rings. The van der Waals surface area contributed by atoms with Crippen LogP contribution in [0.5, 0.6) is 0 Å². The van der Waals surface area contributed by atoms with Crippen LogP contribution in [0.4, 0.5) is 0 Å². The molecule has 14 heteroatoms. The fourth-order valence-corrected chi connectivity index (χ4v) is 6.47. The predicted octanol–water partition coefficient (Wildman–Crippen LogP) is 3.19. The Morgan fingerprint density at radius 1 is 0.579 bits per heavy atom. The zero-order chi connectivity index (χ0) is 42.5. The number of primary amides is 1. The van der Waals surface area contributed by atoms with Gasteiger partial charge in [-0.25, -0.2) is 0 Å². The molecular weight excluding hydrogens is 725 g/mol. The van der Waals surface area contributed by atoms with Crippen LogP contribution in [0.2, 0.25) is 0 Å². The van der Waals surface area contributed by atoms with Crippen molar-refractivity contribution in [2.75, 3.05) is 72.0 Å². The molecule has 2 rings (SSSR count). The van der Waals surface area contributed by atoms with Crippen LogP contribution in [-0.2, 0) is 28.8 Å². The van der Waals surface area contributed by atoms with Crippen molar-refractivity contribution >= 4 is 35.4 Å². The van der Waals surface area contributed by atoms with Gasteiger partial charge in [0.2, 0.25) is 35.4 Å². The molecule has 0 saturated heterocycles. The van der Waals surface area contributed by atoms with E-state index in [9.17, 15) is 28.8 Å². The van der Waals surface area contributed by atoms with E-state index in [4.69, 9.17) is 11.5 Å². The fraction of sp³-hybridized carbons (Fsp3) is 0.581. The second-order valence-corrected chi connectivity index (χ2v) is 15.6. The summed E-state index contributed by atoms with van der Waals surface area (Å²) >= 11 is 0. The summed E-state index contributed by atoms with van der Waals surface area (Å²) in [7, 11) is 0. The molecule has 6 amide bonds. The van der Waals surface area contributed by atoms with E-state index in [1.807, 2.05) is 109 Å². The standard InChI is InChI=1S/C43H68N8O6/c1-8-22-47(28-40(54)48(27-38(45)52)23-16-15-21-44)42(56)31-51(35(7)37-19-13-10-14-20-37)43(57)30-50(26-33(4)5)41(55)29-49(25-32(2)3)39(53)24-46-34(6)36-17-11-9-12-18-36/h9-14,17-20,32-35,46H,8,15-16,21-31,44H2,1-7H3,(H2,45,52). The summed E-state index contributed by atoms with van der Waals surface area (Å²) in [4.78, 5) is 88.6. The van der Waals surface area contributed by atoms with E-state index in [-0.39, 0.29) is 88.6 Å². The fourth-order valence-electron chi connectivity index (χ4n) is 6.47. The van der Waals surface area contributed by atoms with Crippen LogP contribution in [0.25, 0.3) is 0 Å². The first kappa shape index (κ1) is 48.3. The first-order valence-corrected chi connectivity index (χ1v) is 20.3. The number of unbranched alkanes of at least 4 members (excludes halogenated alkanes) is 1. The zero-order valence-corrected chi connectivity index (χ0v) is 35.3. The van der Waals surface area contributed by atoms with Gasteiger partial charge >= 0.3 is 0 Å². The number of nitrogens with one attached hydrogen (secondary N) is 1. The molecule has 57 heavy (non-hydrogen) atoms. The summed E-state index contributed by atoms with van der Waals surface area (Å²) in [5, 5.41) is 3.27. The van der Waals surface area contributed by atoms with E-state index >= 15 is 0 Å². The highest BCUT2D eigenvalue weighted by molar-refractivity contribution is 5.92. The van der Waals surface area contributed by atoms with Crippen LogP contribution in [0, 0.1) is 11.8 Å². The van der Waals surface area contributed by atoms with E-state index in [2.05, 4.69) is 5.32 Å². The maximum Gasteiger partial charge on any atom is 0.243 e. The Labute approximate surface area is 340 Å². The topological polar surface area (TPSA) is 183 Å². The van der Waals surface area contributed by atoms with Crippen molar-refractivity contribution in [1.29, 1.82) is 0 Å². The van der Waals surface area contributed by atoms with Crippen LogP contribution in [-0.4, -0.2) is 132 Å². The van der Waals surface area contributed by atoms with E-state index in [1.165, 1.54) is 19.6 Å². The Morgan fingerprint density at radius 3 is 1.58 bits per heavy atom. The van der Waals surface area contributed by atoms with E-state index in [1.54, 1.807) is 4.90 Å². The Kier molecular flexibility index (Phi) is 21.6. The maximum atomic E-state index is 14.4. The molecule has 0 spiro atoms. The van der Waals surface area contributed by atoms with Crippen molar-refractivity contribution in [3.05, 3.63) is 71.8 Å². The lowest BCUT2D eigenvalue weighted by Gasteiger charge is -2.35. The summed E-state index contributed by atoms with van der Waals surface area (Å²) in [5.74, 6) is -2.49. The molecule has 0 fully saturated rings. The lowest BCUT2D eigenvalue weighted by Crippen LogP contribution is -2.52. The maximum absolute atomic E-state index is 14.4. The molecule has 0 bridgehead atoms.